The average Bonchev–Trinajstić information content (AvgIpc) is 3.11. The van der Waals surface area contributed by atoms with Crippen LogP contribution in [0.3, 0.4) is 0 Å². The number of rotatable bonds is 5. The summed E-state index contributed by atoms with van der Waals surface area (Å²) in [5, 5.41) is 6.89. The number of hydrogen-bond acceptors (Lipinski definition) is 5. The topological polar surface area (TPSA) is 73.6 Å². The molecule has 6 nitrogen and oxygen atoms in total. The lowest BCUT2D eigenvalue weighted by molar-refractivity contribution is -0.122. The molecule has 25 heavy (non-hydrogen) atoms. The molecule has 1 aromatic carbocycles. The summed E-state index contributed by atoms with van der Waals surface area (Å²) in [6.07, 6.45) is 1.05. The van der Waals surface area contributed by atoms with Crippen LogP contribution in [0.15, 0.2) is 16.7 Å². The molecule has 0 saturated carbocycles. The lowest BCUT2D eigenvalue weighted by atomic mass is 9.98. The van der Waals surface area contributed by atoms with E-state index in [0.29, 0.717) is 12.3 Å². The number of benzene rings is 1. The Kier molecular flexibility index (Phi) is 4.70. The first kappa shape index (κ1) is 17.3. The van der Waals surface area contributed by atoms with Gasteiger partial charge in [-0.3, -0.25) is 4.79 Å². The summed E-state index contributed by atoms with van der Waals surface area (Å²) in [5.74, 6) is 1.91. The molecule has 0 saturated heterocycles. The SMILES string of the molecule is COc1cc2c(cc1CNC(=O)C(C)c1c(C)noc1C)OC(C)C2. The molecule has 0 fully saturated rings. The highest BCUT2D eigenvalue weighted by molar-refractivity contribution is 5.83. The van der Waals surface area contributed by atoms with E-state index in [-0.39, 0.29) is 17.9 Å². The predicted molar refractivity (Wildman–Crippen MR) is 93.0 cm³/mol. The van der Waals surface area contributed by atoms with Crippen LogP contribution in [0, 0.1) is 13.8 Å². The number of methoxy groups -OCH3 is 1. The molecule has 1 aliphatic heterocycles. The smallest absolute Gasteiger partial charge is 0.227 e. The van der Waals surface area contributed by atoms with Crippen LogP contribution in [-0.2, 0) is 17.8 Å². The van der Waals surface area contributed by atoms with Gasteiger partial charge >= 0.3 is 0 Å². The van der Waals surface area contributed by atoms with Crippen molar-refractivity contribution in [1.29, 1.82) is 0 Å². The Morgan fingerprint density at radius 1 is 1.44 bits per heavy atom. The number of carbonyl (C=O) groups excluding carboxylic acids is 1. The zero-order valence-corrected chi connectivity index (χ0v) is 15.3. The van der Waals surface area contributed by atoms with E-state index in [2.05, 4.69) is 10.5 Å². The Labute approximate surface area is 147 Å². The van der Waals surface area contributed by atoms with Gasteiger partial charge in [0.25, 0.3) is 0 Å². The summed E-state index contributed by atoms with van der Waals surface area (Å²) in [6, 6.07) is 3.95. The summed E-state index contributed by atoms with van der Waals surface area (Å²) >= 11 is 0. The fourth-order valence-corrected chi connectivity index (χ4v) is 3.38. The van der Waals surface area contributed by atoms with E-state index in [1.165, 1.54) is 0 Å². The highest BCUT2D eigenvalue weighted by Crippen LogP contribution is 2.35. The number of nitrogens with one attached hydrogen (secondary N) is 1. The summed E-state index contributed by atoms with van der Waals surface area (Å²) in [6.45, 7) is 7.94. The van der Waals surface area contributed by atoms with Gasteiger partial charge in [0.05, 0.1) is 18.7 Å². The first-order chi connectivity index (χ1) is 11.9. The molecule has 0 aliphatic carbocycles. The molecular formula is C19H24N2O4. The van der Waals surface area contributed by atoms with Crippen molar-refractivity contribution in [1.82, 2.24) is 10.5 Å². The molecule has 1 aliphatic rings. The van der Waals surface area contributed by atoms with E-state index in [0.717, 1.165) is 40.3 Å². The number of aryl methyl sites for hydroxylation is 2. The molecular weight excluding hydrogens is 320 g/mol. The van der Waals surface area contributed by atoms with E-state index in [1.807, 2.05) is 39.8 Å². The molecule has 0 spiro atoms. The number of fused-ring (bicyclic) bond motifs is 1. The van der Waals surface area contributed by atoms with Gasteiger partial charge in [0.2, 0.25) is 5.91 Å². The van der Waals surface area contributed by atoms with Crippen LogP contribution in [0.25, 0.3) is 0 Å². The van der Waals surface area contributed by atoms with Crippen molar-refractivity contribution >= 4 is 5.91 Å². The lowest BCUT2D eigenvalue weighted by Gasteiger charge is -2.15. The van der Waals surface area contributed by atoms with E-state index < -0.39 is 0 Å². The molecule has 0 bridgehead atoms. The molecule has 2 unspecified atom stereocenters. The van der Waals surface area contributed by atoms with Gasteiger partial charge in [-0.15, -0.1) is 0 Å². The Hall–Kier alpha value is -2.50. The fraction of sp³-hybridized carbons (Fsp3) is 0.474. The second kappa shape index (κ2) is 6.78. The number of nitrogens with zero attached hydrogens (tertiary/aromatic N) is 1. The third kappa shape index (κ3) is 3.34. The highest BCUT2D eigenvalue weighted by atomic mass is 16.5. The first-order valence-electron chi connectivity index (χ1n) is 8.47. The van der Waals surface area contributed by atoms with Gasteiger partial charge < -0.3 is 19.3 Å². The van der Waals surface area contributed by atoms with Crippen LogP contribution < -0.4 is 14.8 Å². The summed E-state index contributed by atoms with van der Waals surface area (Å²) in [5.41, 5.74) is 3.63. The van der Waals surface area contributed by atoms with Crippen LogP contribution in [0.2, 0.25) is 0 Å². The molecule has 0 radical (unpaired) electrons. The number of aromatic nitrogens is 1. The largest absolute Gasteiger partial charge is 0.496 e. The molecule has 1 aromatic heterocycles. The van der Waals surface area contributed by atoms with Gasteiger partial charge in [-0.2, -0.15) is 0 Å². The van der Waals surface area contributed by atoms with Crippen molar-refractivity contribution in [2.24, 2.45) is 0 Å². The molecule has 134 valence electrons. The van der Waals surface area contributed by atoms with Gasteiger partial charge in [0, 0.05) is 29.7 Å². The predicted octanol–water partition coefficient (Wildman–Crippen LogP) is 3.04. The van der Waals surface area contributed by atoms with Crippen LogP contribution in [0.4, 0.5) is 0 Å². The van der Waals surface area contributed by atoms with Gasteiger partial charge in [-0.1, -0.05) is 5.16 Å². The van der Waals surface area contributed by atoms with Gasteiger partial charge in [0.1, 0.15) is 23.4 Å². The third-order valence-corrected chi connectivity index (χ3v) is 4.67. The van der Waals surface area contributed by atoms with Gasteiger partial charge in [-0.05, 0) is 39.8 Å². The van der Waals surface area contributed by atoms with E-state index >= 15 is 0 Å². The summed E-state index contributed by atoms with van der Waals surface area (Å²) in [4.78, 5) is 12.6. The lowest BCUT2D eigenvalue weighted by Crippen LogP contribution is -2.28. The monoisotopic (exact) mass is 344 g/mol. The molecule has 6 heteroatoms. The summed E-state index contributed by atoms with van der Waals surface area (Å²) in [7, 11) is 1.64. The normalized spacial score (nSPS) is 16.9. The van der Waals surface area contributed by atoms with Crippen LogP contribution in [-0.4, -0.2) is 24.3 Å². The zero-order chi connectivity index (χ0) is 18.1. The molecule has 1 amide bonds. The Morgan fingerprint density at radius 3 is 2.84 bits per heavy atom. The maximum Gasteiger partial charge on any atom is 0.227 e. The van der Waals surface area contributed by atoms with E-state index in [4.69, 9.17) is 14.0 Å². The van der Waals surface area contributed by atoms with E-state index in [1.54, 1.807) is 7.11 Å². The maximum absolute atomic E-state index is 12.6. The molecule has 2 heterocycles. The van der Waals surface area contributed by atoms with Crippen LogP contribution in [0.5, 0.6) is 11.5 Å². The minimum absolute atomic E-state index is 0.0776. The molecule has 2 aromatic rings. The van der Waals surface area contributed by atoms with Crippen LogP contribution >= 0.6 is 0 Å². The highest BCUT2D eigenvalue weighted by Gasteiger charge is 2.24. The minimum atomic E-state index is -0.331. The molecule has 1 N–H and O–H groups in total. The Balaban J connectivity index is 1.73. The van der Waals surface area contributed by atoms with Gasteiger partial charge in [0.15, 0.2) is 0 Å². The van der Waals surface area contributed by atoms with Crippen molar-refractivity contribution in [3.63, 3.8) is 0 Å². The second-order valence-electron chi connectivity index (χ2n) is 6.58. The molecule has 2 atom stereocenters. The Morgan fingerprint density at radius 2 is 2.20 bits per heavy atom. The van der Waals surface area contributed by atoms with E-state index in [9.17, 15) is 4.79 Å². The number of hydrogen-bond donors (Lipinski definition) is 1. The number of amides is 1. The number of carbonyl (C=O) groups is 1. The minimum Gasteiger partial charge on any atom is -0.496 e. The van der Waals surface area contributed by atoms with Crippen molar-refractivity contribution < 1.29 is 18.8 Å². The Bertz CT molecular complexity index is 777. The quantitative estimate of drug-likeness (QED) is 0.902. The second-order valence-corrected chi connectivity index (χ2v) is 6.58. The van der Waals surface area contributed by atoms with Crippen molar-refractivity contribution in [3.8, 4) is 11.5 Å². The van der Waals surface area contributed by atoms with Crippen molar-refractivity contribution in [2.75, 3.05) is 7.11 Å². The summed E-state index contributed by atoms with van der Waals surface area (Å²) < 4.78 is 16.4. The third-order valence-electron chi connectivity index (χ3n) is 4.67. The van der Waals surface area contributed by atoms with Crippen molar-refractivity contribution in [2.45, 2.75) is 52.7 Å². The standard InChI is InChI=1S/C19H24N2O4/c1-10-6-14-7-16(23-5)15(8-17(14)24-10)9-20-19(22)11(2)18-12(3)21-25-13(18)4/h7-8,10-11H,6,9H2,1-5H3,(H,20,22). The fourth-order valence-electron chi connectivity index (χ4n) is 3.38. The van der Waals surface area contributed by atoms with Crippen molar-refractivity contribution in [3.05, 3.63) is 40.3 Å². The maximum atomic E-state index is 12.6. The van der Waals surface area contributed by atoms with Crippen LogP contribution in [0.1, 0.15) is 47.9 Å². The van der Waals surface area contributed by atoms with Gasteiger partial charge in [-0.25, -0.2) is 0 Å². The number of ether oxygens (including phenoxy) is 2. The molecule has 3 rings (SSSR count). The zero-order valence-electron chi connectivity index (χ0n) is 15.3. The first-order valence-corrected chi connectivity index (χ1v) is 8.47. The average molecular weight is 344 g/mol.